The first-order chi connectivity index (χ1) is 8.58. The first-order valence-corrected chi connectivity index (χ1v) is 5.58. The normalized spacial score (nSPS) is 13.1. The highest BCUT2D eigenvalue weighted by Crippen LogP contribution is 2.07. The van der Waals surface area contributed by atoms with Gasteiger partial charge in [-0.2, -0.15) is 0 Å². The number of nitrogens with one attached hydrogen (secondary N) is 1. The minimum absolute atomic E-state index is 0.0700. The number of rotatable bonds is 5. The molecule has 5 nitrogen and oxygen atoms in total. The van der Waals surface area contributed by atoms with E-state index in [2.05, 4.69) is 10.5 Å². The number of oxime groups is 1. The van der Waals surface area contributed by atoms with Crippen molar-refractivity contribution in [3.63, 3.8) is 0 Å². The zero-order chi connectivity index (χ0) is 13.5. The van der Waals surface area contributed by atoms with Gasteiger partial charge in [0.1, 0.15) is 5.82 Å². The van der Waals surface area contributed by atoms with Gasteiger partial charge in [-0.1, -0.05) is 30.3 Å². The van der Waals surface area contributed by atoms with Crippen LogP contribution in [0.4, 0.5) is 4.39 Å². The van der Waals surface area contributed by atoms with E-state index in [1.807, 2.05) is 0 Å². The van der Waals surface area contributed by atoms with Crippen molar-refractivity contribution in [1.29, 1.82) is 0 Å². The molecule has 0 saturated carbocycles. The van der Waals surface area contributed by atoms with E-state index in [4.69, 9.17) is 10.9 Å². The summed E-state index contributed by atoms with van der Waals surface area (Å²) < 4.78 is 13.3. The van der Waals surface area contributed by atoms with Crippen LogP contribution in [0, 0.1) is 5.82 Å². The monoisotopic (exact) mass is 253 g/mol. The second kappa shape index (κ2) is 6.58. The van der Waals surface area contributed by atoms with Crippen molar-refractivity contribution >= 4 is 11.7 Å². The summed E-state index contributed by atoms with van der Waals surface area (Å²) in [6.07, 6.45) is 0.404. The molecule has 6 heteroatoms. The topological polar surface area (TPSA) is 87.7 Å². The van der Waals surface area contributed by atoms with Gasteiger partial charge in [0.15, 0.2) is 5.84 Å². The van der Waals surface area contributed by atoms with Crippen LogP contribution >= 0.6 is 0 Å². The molecule has 0 aliphatic heterocycles. The number of amides is 1. The molecule has 0 saturated heterocycles. The van der Waals surface area contributed by atoms with Crippen molar-refractivity contribution < 1.29 is 14.4 Å². The zero-order valence-electron chi connectivity index (χ0n) is 10.1. The molecule has 0 bridgehead atoms. The van der Waals surface area contributed by atoms with E-state index in [0.29, 0.717) is 12.0 Å². The molecule has 1 unspecified atom stereocenters. The fourth-order valence-corrected chi connectivity index (χ4v) is 1.51. The molecule has 4 N–H and O–H groups in total. The van der Waals surface area contributed by atoms with Gasteiger partial charge in [-0.3, -0.25) is 4.79 Å². The minimum Gasteiger partial charge on any atom is -0.409 e. The van der Waals surface area contributed by atoms with Crippen LogP contribution in [0.25, 0.3) is 0 Å². The highest BCUT2D eigenvalue weighted by Gasteiger charge is 2.15. The fourth-order valence-electron chi connectivity index (χ4n) is 1.51. The molecular formula is C12H16FN3O2. The van der Waals surface area contributed by atoms with Gasteiger partial charge in [0.25, 0.3) is 0 Å². The predicted molar refractivity (Wildman–Crippen MR) is 65.7 cm³/mol. The van der Waals surface area contributed by atoms with Crippen LogP contribution in [0.15, 0.2) is 29.4 Å². The molecule has 0 aliphatic rings. The molecule has 1 aromatic rings. The van der Waals surface area contributed by atoms with Crippen LogP contribution in [0.3, 0.4) is 0 Å². The Morgan fingerprint density at radius 2 is 2.22 bits per heavy atom. The summed E-state index contributed by atoms with van der Waals surface area (Å²) in [6.45, 7) is 1.78. The number of benzene rings is 1. The number of nitrogens with zero attached hydrogens (tertiary/aromatic N) is 1. The lowest BCUT2D eigenvalue weighted by Crippen LogP contribution is -2.44. The third-order valence-corrected chi connectivity index (χ3v) is 2.52. The van der Waals surface area contributed by atoms with Crippen molar-refractivity contribution in [2.75, 3.05) is 0 Å². The Morgan fingerprint density at radius 3 is 2.78 bits per heavy atom. The van der Waals surface area contributed by atoms with Gasteiger partial charge in [-0.05, 0) is 18.1 Å². The molecule has 0 fully saturated rings. The van der Waals surface area contributed by atoms with Gasteiger partial charge >= 0.3 is 0 Å². The van der Waals surface area contributed by atoms with Crippen molar-refractivity contribution in [2.24, 2.45) is 10.9 Å². The molecule has 0 spiro atoms. The first kappa shape index (κ1) is 14.0. The molecule has 98 valence electrons. The van der Waals surface area contributed by atoms with Gasteiger partial charge in [0.05, 0.1) is 12.5 Å². The molecule has 1 aromatic carbocycles. The first-order valence-electron chi connectivity index (χ1n) is 5.58. The average Bonchev–Trinajstić information content (AvgIpc) is 2.37. The second-order valence-corrected chi connectivity index (χ2v) is 3.82. The summed E-state index contributed by atoms with van der Waals surface area (Å²) in [4.78, 5) is 11.7. The van der Waals surface area contributed by atoms with Crippen LogP contribution in [-0.4, -0.2) is 23.0 Å². The second-order valence-electron chi connectivity index (χ2n) is 3.82. The third-order valence-electron chi connectivity index (χ3n) is 2.52. The van der Waals surface area contributed by atoms with Crippen molar-refractivity contribution in [3.05, 3.63) is 35.6 Å². The Morgan fingerprint density at radius 1 is 1.56 bits per heavy atom. The fraction of sp³-hybridized carbons (Fsp3) is 0.333. The number of halogens is 1. The third kappa shape index (κ3) is 3.73. The van der Waals surface area contributed by atoms with Gasteiger partial charge in [-0.15, -0.1) is 0 Å². The maximum absolute atomic E-state index is 13.3. The lowest BCUT2D eigenvalue weighted by Gasteiger charge is -2.15. The number of carbonyl (C=O) groups is 1. The quantitative estimate of drug-likeness (QED) is 0.317. The zero-order valence-corrected chi connectivity index (χ0v) is 10.1. The minimum atomic E-state index is -0.547. The molecule has 18 heavy (non-hydrogen) atoms. The summed E-state index contributed by atoms with van der Waals surface area (Å²) in [5.41, 5.74) is 5.72. The van der Waals surface area contributed by atoms with E-state index in [-0.39, 0.29) is 18.2 Å². The molecule has 0 aliphatic carbocycles. The van der Waals surface area contributed by atoms with E-state index < -0.39 is 11.9 Å². The molecule has 0 radical (unpaired) electrons. The summed E-state index contributed by atoms with van der Waals surface area (Å²) in [7, 11) is 0. The number of nitrogens with two attached hydrogens (primary N) is 1. The van der Waals surface area contributed by atoms with Gasteiger partial charge in [0.2, 0.25) is 5.91 Å². The lowest BCUT2D eigenvalue weighted by molar-refractivity contribution is -0.120. The Labute approximate surface area is 104 Å². The maximum atomic E-state index is 13.3. The summed E-state index contributed by atoms with van der Waals surface area (Å²) in [6, 6.07) is 5.51. The van der Waals surface area contributed by atoms with Crippen LogP contribution in [-0.2, 0) is 11.2 Å². The molecule has 1 amide bonds. The smallest absolute Gasteiger partial charge is 0.225 e. The van der Waals surface area contributed by atoms with E-state index >= 15 is 0 Å². The van der Waals surface area contributed by atoms with Gasteiger partial charge in [0, 0.05) is 0 Å². The number of hydrogen-bond donors (Lipinski definition) is 3. The number of hydrogen-bond acceptors (Lipinski definition) is 3. The Hall–Kier alpha value is -2.11. The maximum Gasteiger partial charge on any atom is 0.225 e. The molecule has 0 aromatic heterocycles. The summed E-state index contributed by atoms with van der Waals surface area (Å²) >= 11 is 0. The molecule has 0 heterocycles. The van der Waals surface area contributed by atoms with Crippen molar-refractivity contribution in [2.45, 2.75) is 25.8 Å². The Kier molecular flexibility index (Phi) is 5.10. The van der Waals surface area contributed by atoms with Gasteiger partial charge < -0.3 is 16.3 Å². The van der Waals surface area contributed by atoms with E-state index in [9.17, 15) is 9.18 Å². The molecular weight excluding hydrogens is 237 g/mol. The Balaban J connectivity index is 2.64. The van der Waals surface area contributed by atoms with Crippen LogP contribution in [0.1, 0.15) is 18.9 Å². The lowest BCUT2D eigenvalue weighted by atomic mass is 10.1. The highest BCUT2D eigenvalue weighted by molar-refractivity contribution is 5.90. The van der Waals surface area contributed by atoms with Crippen LogP contribution < -0.4 is 11.1 Å². The van der Waals surface area contributed by atoms with Crippen LogP contribution in [0.2, 0.25) is 0 Å². The summed E-state index contributed by atoms with van der Waals surface area (Å²) in [5.74, 6) is -0.873. The highest BCUT2D eigenvalue weighted by atomic mass is 19.1. The summed E-state index contributed by atoms with van der Waals surface area (Å²) in [5, 5.41) is 13.9. The Bertz CT molecular complexity index is 449. The van der Waals surface area contributed by atoms with Crippen molar-refractivity contribution in [3.8, 4) is 0 Å². The number of amidine groups is 1. The van der Waals surface area contributed by atoms with E-state index in [0.717, 1.165) is 0 Å². The van der Waals surface area contributed by atoms with E-state index in [1.54, 1.807) is 25.1 Å². The largest absolute Gasteiger partial charge is 0.409 e. The number of carbonyl (C=O) groups excluding carboxylic acids is 1. The molecule has 1 atom stereocenters. The van der Waals surface area contributed by atoms with E-state index in [1.165, 1.54) is 6.07 Å². The standard InChI is InChI=1S/C12H16FN3O2/c1-2-10(12(14)16-18)15-11(17)7-8-5-3-4-6-9(8)13/h3-6,10,18H,2,7H2,1H3,(H2,14,16)(H,15,17). The predicted octanol–water partition coefficient (Wildman–Crippen LogP) is 1.01. The van der Waals surface area contributed by atoms with Crippen LogP contribution in [0.5, 0.6) is 0 Å². The SMILES string of the molecule is CCC(NC(=O)Cc1ccccc1F)/C(N)=N/O. The molecule has 1 rings (SSSR count). The average molecular weight is 253 g/mol. The van der Waals surface area contributed by atoms with Gasteiger partial charge in [-0.25, -0.2) is 4.39 Å². The van der Waals surface area contributed by atoms with Crippen molar-refractivity contribution in [1.82, 2.24) is 5.32 Å².